The van der Waals surface area contributed by atoms with E-state index in [9.17, 15) is 9.90 Å². The zero-order chi connectivity index (χ0) is 11.0. The van der Waals surface area contributed by atoms with Gasteiger partial charge in [0.05, 0.1) is 3.57 Å². The highest BCUT2D eigenvalue weighted by Crippen LogP contribution is 2.26. The lowest BCUT2D eigenvalue weighted by Gasteiger charge is -2.16. The number of benzene rings is 1. The van der Waals surface area contributed by atoms with Crippen molar-refractivity contribution >= 4 is 34.8 Å². The van der Waals surface area contributed by atoms with E-state index >= 15 is 0 Å². The van der Waals surface area contributed by atoms with E-state index in [0.717, 1.165) is 14.7 Å². The van der Waals surface area contributed by atoms with Gasteiger partial charge in [-0.3, -0.25) is 4.99 Å². The molecule has 2 N–H and O–H groups in total. The first kappa shape index (κ1) is 10.4. The van der Waals surface area contributed by atoms with Crippen LogP contribution in [-0.4, -0.2) is 28.4 Å². The Kier molecular flexibility index (Phi) is 2.64. The van der Waals surface area contributed by atoms with E-state index in [2.05, 4.69) is 4.99 Å². The molecule has 1 aliphatic heterocycles. The summed E-state index contributed by atoms with van der Waals surface area (Å²) in [4.78, 5) is 14.7. The second-order valence-electron chi connectivity index (χ2n) is 3.34. The van der Waals surface area contributed by atoms with Crippen molar-refractivity contribution in [2.24, 2.45) is 4.99 Å². The summed E-state index contributed by atoms with van der Waals surface area (Å²) in [6.07, 6.45) is 1.89. The van der Waals surface area contributed by atoms with Crippen molar-refractivity contribution in [2.45, 2.75) is 12.5 Å². The number of carboxylic acids is 1. The second kappa shape index (κ2) is 3.80. The predicted molar refractivity (Wildman–Crippen MR) is 63.5 cm³/mol. The molecule has 0 fully saturated rings. The van der Waals surface area contributed by atoms with Gasteiger partial charge in [-0.1, -0.05) is 0 Å². The molecule has 0 amide bonds. The lowest BCUT2D eigenvalue weighted by atomic mass is 9.98. The quantitative estimate of drug-likeness (QED) is 0.770. The Balaban J connectivity index is 2.42. The van der Waals surface area contributed by atoms with E-state index in [-0.39, 0.29) is 5.75 Å². The SMILES string of the molecule is O=C(O)C1Cc2cc(O)c(I)cc2C=N1. The van der Waals surface area contributed by atoms with E-state index in [0.29, 0.717) is 6.42 Å². The Morgan fingerprint density at radius 1 is 1.53 bits per heavy atom. The van der Waals surface area contributed by atoms with E-state index in [1.807, 2.05) is 22.6 Å². The largest absolute Gasteiger partial charge is 0.507 e. The summed E-state index contributed by atoms with van der Waals surface area (Å²) in [5, 5.41) is 18.3. The number of fused-ring (bicyclic) bond motifs is 1. The van der Waals surface area contributed by atoms with Crippen LogP contribution in [0.4, 0.5) is 0 Å². The highest BCUT2D eigenvalue weighted by atomic mass is 127. The van der Waals surface area contributed by atoms with E-state index in [1.165, 1.54) is 0 Å². The third-order valence-corrected chi connectivity index (χ3v) is 3.16. The molecule has 15 heavy (non-hydrogen) atoms. The Hall–Kier alpha value is -1.11. The number of aliphatic imine (C=N–C) groups is 1. The van der Waals surface area contributed by atoms with E-state index in [4.69, 9.17) is 5.11 Å². The van der Waals surface area contributed by atoms with Gasteiger partial charge in [0.25, 0.3) is 0 Å². The molecule has 1 aromatic rings. The van der Waals surface area contributed by atoms with Crippen LogP contribution in [0.5, 0.6) is 5.75 Å². The lowest BCUT2D eigenvalue weighted by molar-refractivity contribution is -0.138. The average Bonchev–Trinajstić information content (AvgIpc) is 2.19. The molecule has 1 aromatic carbocycles. The number of hydrogen-bond donors (Lipinski definition) is 2. The monoisotopic (exact) mass is 317 g/mol. The van der Waals surface area contributed by atoms with Gasteiger partial charge >= 0.3 is 5.97 Å². The van der Waals surface area contributed by atoms with Gasteiger partial charge < -0.3 is 10.2 Å². The summed E-state index contributed by atoms with van der Waals surface area (Å²) in [5.41, 5.74) is 1.71. The third kappa shape index (κ3) is 1.97. The molecule has 0 aliphatic carbocycles. The Bertz CT molecular complexity index is 456. The summed E-state index contributed by atoms with van der Waals surface area (Å²) in [6.45, 7) is 0. The van der Waals surface area contributed by atoms with Crippen LogP contribution < -0.4 is 0 Å². The molecule has 0 radical (unpaired) electrons. The van der Waals surface area contributed by atoms with Crippen LogP contribution in [0.25, 0.3) is 0 Å². The van der Waals surface area contributed by atoms with Crippen molar-refractivity contribution in [2.75, 3.05) is 0 Å². The number of aromatic hydroxyl groups is 1. The molecule has 0 spiro atoms. The molecular formula is C10H8INO3. The van der Waals surface area contributed by atoms with Crippen LogP contribution in [0.1, 0.15) is 11.1 Å². The molecule has 1 heterocycles. The Morgan fingerprint density at radius 2 is 2.27 bits per heavy atom. The Morgan fingerprint density at radius 3 is 2.93 bits per heavy atom. The first-order valence-electron chi connectivity index (χ1n) is 4.35. The molecule has 0 saturated heterocycles. The zero-order valence-corrected chi connectivity index (χ0v) is 9.80. The van der Waals surface area contributed by atoms with Gasteiger partial charge in [-0.05, 0) is 45.9 Å². The van der Waals surface area contributed by atoms with Gasteiger partial charge in [0.2, 0.25) is 0 Å². The highest BCUT2D eigenvalue weighted by molar-refractivity contribution is 14.1. The van der Waals surface area contributed by atoms with Gasteiger partial charge in [-0.15, -0.1) is 0 Å². The van der Waals surface area contributed by atoms with Crippen molar-refractivity contribution < 1.29 is 15.0 Å². The highest BCUT2D eigenvalue weighted by Gasteiger charge is 2.21. The number of nitrogens with zero attached hydrogens (tertiary/aromatic N) is 1. The van der Waals surface area contributed by atoms with E-state index in [1.54, 1.807) is 18.3 Å². The number of rotatable bonds is 1. The number of phenols is 1. The van der Waals surface area contributed by atoms with Crippen LogP contribution in [0, 0.1) is 3.57 Å². The number of aliphatic carboxylic acids is 1. The molecule has 0 saturated carbocycles. The second-order valence-corrected chi connectivity index (χ2v) is 4.50. The van der Waals surface area contributed by atoms with Crippen LogP contribution in [-0.2, 0) is 11.2 Å². The molecule has 5 heteroatoms. The Labute approximate surface area is 99.8 Å². The fourth-order valence-electron chi connectivity index (χ4n) is 1.50. The zero-order valence-electron chi connectivity index (χ0n) is 7.64. The summed E-state index contributed by atoms with van der Waals surface area (Å²) in [7, 11) is 0. The maximum absolute atomic E-state index is 10.7. The number of hydrogen-bond acceptors (Lipinski definition) is 3. The van der Waals surface area contributed by atoms with Crippen LogP contribution in [0.3, 0.4) is 0 Å². The standard InChI is InChI=1S/C10H8INO3/c11-7-1-6-4-12-8(10(14)15)2-5(6)3-9(7)13/h1,3-4,8,13H,2H2,(H,14,15). The van der Waals surface area contributed by atoms with Crippen LogP contribution in [0.15, 0.2) is 17.1 Å². The van der Waals surface area contributed by atoms with Crippen molar-refractivity contribution in [3.63, 3.8) is 0 Å². The molecule has 1 atom stereocenters. The number of carboxylic acid groups (broad SMARTS) is 1. The number of phenolic OH excluding ortho intramolecular Hbond substituents is 1. The molecule has 0 aromatic heterocycles. The fourth-order valence-corrected chi connectivity index (χ4v) is 1.99. The van der Waals surface area contributed by atoms with Crippen molar-refractivity contribution in [3.05, 3.63) is 26.8 Å². The smallest absolute Gasteiger partial charge is 0.328 e. The lowest BCUT2D eigenvalue weighted by Crippen LogP contribution is -2.24. The van der Waals surface area contributed by atoms with Gasteiger partial charge in [0, 0.05) is 12.6 Å². The summed E-state index contributed by atoms with van der Waals surface area (Å²) in [6, 6.07) is 2.68. The van der Waals surface area contributed by atoms with Crippen molar-refractivity contribution in [1.29, 1.82) is 0 Å². The van der Waals surface area contributed by atoms with Crippen molar-refractivity contribution in [1.82, 2.24) is 0 Å². The molecule has 1 unspecified atom stereocenters. The minimum atomic E-state index is -0.935. The number of carbonyl (C=O) groups is 1. The first-order chi connectivity index (χ1) is 7.08. The molecule has 1 aliphatic rings. The summed E-state index contributed by atoms with van der Waals surface area (Å²) < 4.78 is 0.742. The van der Waals surface area contributed by atoms with Gasteiger partial charge in [-0.25, -0.2) is 4.79 Å². The summed E-state index contributed by atoms with van der Waals surface area (Å²) in [5.74, 6) is -0.747. The number of halogens is 1. The fraction of sp³-hybridized carbons (Fsp3) is 0.200. The topological polar surface area (TPSA) is 69.9 Å². The van der Waals surface area contributed by atoms with Crippen molar-refractivity contribution in [3.8, 4) is 5.75 Å². The minimum absolute atomic E-state index is 0.189. The normalized spacial score (nSPS) is 18.6. The van der Waals surface area contributed by atoms with E-state index < -0.39 is 12.0 Å². The molecule has 4 nitrogen and oxygen atoms in total. The molecular weight excluding hydrogens is 309 g/mol. The molecule has 0 bridgehead atoms. The van der Waals surface area contributed by atoms with Gasteiger partial charge in [0.1, 0.15) is 5.75 Å². The van der Waals surface area contributed by atoms with Gasteiger partial charge in [0.15, 0.2) is 6.04 Å². The summed E-state index contributed by atoms with van der Waals surface area (Å²) >= 11 is 2.02. The third-order valence-electron chi connectivity index (χ3n) is 2.30. The first-order valence-corrected chi connectivity index (χ1v) is 5.43. The maximum Gasteiger partial charge on any atom is 0.328 e. The maximum atomic E-state index is 10.7. The minimum Gasteiger partial charge on any atom is -0.507 e. The van der Waals surface area contributed by atoms with Crippen LogP contribution in [0.2, 0.25) is 0 Å². The van der Waals surface area contributed by atoms with Gasteiger partial charge in [-0.2, -0.15) is 0 Å². The molecule has 78 valence electrons. The predicted octanol–water partition coefficient (Wildman–Crippen LogP) is 1.43. The van der Waals surface area contributed by atoms with Crippen LogP contribution >= 0.6 is 22.6 Å². The molecule has 2 rings (SSSR count). The average molecular weight is 317 g/mol.